The Morgan fingerprint density at radius 1 is 1.19 bits per heavy atom. The quantitative estimate of drug-likeness (QED) is 0.639. The van der Waals surface area contributed by atoms with E-state index in [-0.39, 0.29) is 12.3 Å². The molecule has 0 saturated carbocycles. The summed E-state index contributed by atoms with van der Waals surface area (Å²) in [6.07, 6.45) is 0.251. The molecular formula is C20H19ClN2O2S. The zero-order valence-corrected chi connectivity index (χ0v) is 15.9. The maximum Gasteiger partial charge on any atom is 0.226 e. The summed E-state index contributed by atoms with van der Waals surface area (Å²) in [6.45, 7) is 3.03. The van der Waals surface area contributed by atoms with Gasteiger partial charge in [0.1, 0.15) is 10.8 Å². The molecule has 0 aliphatic carbocycles. The van der Waals surface area contributed by atoms with Crippen molar-refractivity contribution in [3.8, 4) is 16.3 Å². The SMILES string of the molecule is CCOc1ccccc1-c1nc(CC(=O)NCc2ccc(Cl)cc2)cs1. The number of rotatable bonds is 7. The van der Waals surface area contributed by atoms with E-state index in [1.807, 2.05) is 60.8 Å². The summed E-state index contributed by atoms with van der Waals surface area (Å²) in [5.74, 6) is 0.748. The van der Waals surface area contributed by atoms with Crippen molar-refractivity contribution < 1.29 is 9.53 Å². The van der Waals surface area contributed by atoms with E-state index in [4.69, 9.17) is 16.3 Å². The molecule has 1 amide bonds. The van der Waals surface area contributed by atoms with Gasteiger partial charge in [0, 0.05) is 16.9 Å². The maximum absolute atomic E-state index is 12.2. The monoisotopic (exact) mass is 386 g/mol. The van der Waals surface area contributed by atoms with E-state index >= 15 is 0 Å². The minimum Gasteiger partial charge on any atom is -0.493 e. The predicted octanol–water partition coefficient (Wildman–Crippen LogP) is 4.72. The Kier molecular flexibility index (Phi) is 6.26. The molecule has 3 aromatic rings. The number of carbonyl (C=O) groups is 1. The zero-order valence-electron chi connectivity index (χ0n) is 14.4. The number of halogens is 1. The number of carbonyl (C=O) groups excluding carboxylic acids is 1. The molecule has 0 spiro atoms. The number of nitrogens with zero attached hydrogens (tertiary/aromatic N) is 1. The first kappa shape index (κ1) is 18.4. The van der Waals surface area contributed by atoms with Gasteiger partial charge in [0.25, 0.3) is 0 Å². The highest BCUT2D eigenvalue weighted by atomic mass is 35.5. The van der Waals surface area contributed by atoms with Gasteiger partial charge in [-0.05, 0) is 36.8 Å². The number of para-hydroxylation sites is 1. The van der Waals surface area contributed by atoms with Gasteiger partial charge in [0.2, 0.25) is 5.91 Å². The number of thiazole rings is 1. The van der Waals surface area contributed by atoms with Crippen molar-refractivity contribution in [3.63, 3.8) is 0 Å². The smallest absolute Gasteiger partial charge is 0.226 e. The van der Waals surface area contributed by atoms with E-state index in [0.717, 1.165) is 27.6 Å². The Balaban J connectivity index is 1.61. The minimum absolute atomic E-state index is 0.0603. The first-order chi connectivity index (χ1) is 12.7. The molecule has 26 heavy (non-hydrogen) atoms. The Morgan fingerprint density at radius 3 is 2.73 bits per heavy atom. The third-order valence-electron chi connectivity index (χ3n) is 3.71. The topological polar surface area (TPSA) is 51.2 Å². The Morgan fingerprint density at radius 2 is 1.96 bits per heavy atom. The van der Waals surface area contributed by atoms with Crippen LogP contribution in [0.4, 0.5) is 0 Å². The molecular weight excluding hydrogens is 368 g/mol. The lowest BCUT2D eigenvalue weighted by molar-refractivity contribution is -0.120. The third-order valence-corrected chi connectivity index (χ3v) is 4.89. The first-order valence-corrected chi connectivity index (χ1v) is 9.59. The van der Waals surface area contributed by atoms with Gasteiger partial charge in [-0.3, -0.25) is 4.79 Å². The summed E-state index contributed by atoms with van der Waals surface area (Å²) >= 11 is 7.38. The van der Waals surface area contributed by atoms with E-state index in [1.54, 1.807) is 0 Å². The molecule has 0 saturated heterocycles. The van der Waals surface area contributed by atoms with E-state index < -0.39 is 0 Å². The van der Waals surface area contributed by atoms with Crippen molar-refractivity contribution in [1.29, 1.82) is 0 Å². The molecule has 6 heteroatoms. The summed E-state index contributed by atoms with van der Waals surface area (Å²) in [6, 6.07) is 15.2. The molecule has 2 aromatic carbocycles. The number of aromatic nitrogens is 1. The number of hydrogen-bond donors (Lipinski definition) is 1. The summed E-state index contributed by atoms with van der Waals surface area (Å²) in [7, 11) is 0. The largest absolute Gasteiger partial charge is 0.493 e. The molecule has 0 atom stereocenters. The molecule has 0 bridgehead atoms. The highest BCUT2D eigenvalue weighted by Crippen LogP contribution is 2.32. The van der Waals surface area contributed by atoms with E-state index in [9.17, 15) is 4.79 Å². The second-order valence-corrected chi connectivity index (χ2v) is 6.95. The van der Waals surface area contributed by atoms with Crippen LogP contribution in [0, 0.1) is 0 Å². The van der Waals surface area contributed by atoms with Crippen LogP contribution in [-0.2, 0) is 17.8 Å². The van der Waals surface area contributed by atoms with Gasteiger partial charge in [-0.25, -0.2) is 4.98 Å². The summed E-state index contributed by atoms with van der Waals surface area (Å²) < 4.78 is 5.66. The van der Waals surface area contributed by atoms with Gasteiger partial charge in [0.05, 0.1) is 24.3 Å². The van der Waals surface area contributed by atoms with Gasteiger partial charge in [-0.1, -0.05) is 35.9 Å². The number of amides is 1. The minimum atomic E-state index is -0.0603. The predicted molar refractivity (Wildman–Crippen MR) is 106 cm³/mol. The number of nitrogens with one attached hydrogen (secondary N) is 1. The molecule has 3 rings (SSSR count). The zero-order chi connectivity index (χ0) is 18.4. The molecule has 4 nitrogen and oxygen atoms in total. The van der Waals surface area contributed by atoms with Crippen molar-refractivity contribution in [1.82, 2.24) is 10.3 Å². The van der Waals surface area contributed by atoms with Crippen LogP contribution in [0.1, 0.15) is 18.2 Å². The van der Waals surface area contributed by atoms with Crippen LogP contribution in [0.5, 0.6) is 5.75 Å². The molecule has 134 valence electrons. The Hall–Kier alpha value is -2.37. The number of ether oxygens (including phenoxy) is 1. The Labute approximate surface area is 161 Å². The molecule has 0 fully saturated rings. The van der Waals surface area contributed by atoms with Gasteiger partial charge in [-0.15, -0.1) is 11.3 Å². The van der Waals surface area contributed by atoms with Gasteiger partial charge < -0.3 is 10.1 Å². The van der Waals surface area contributed by atoms with Crippen LogP contribution in [0.2, 0.25) is 5.02 Å². The fourth-order valence-corrected chi connectivity index (χ4v) is 3.44. The van der Waals surface area contributed by atoms with Crippen molar-refractivity contribution in [2.45, 2.75) is 19.9 Å². The number of benzene rings is 2. The maximum atomic E-state index is 12.2. The molecule has 1 N–H and O–H groups in total. The van der Waals surface area contributed by atoms with Crippen molar-refractivity contribution in [2.75, 3.05) is 6.61 Å². The van der Waals surface area contributed by atoms with E-state index in [1.165, 1.54) is 11.3 Å². The fraction of sp³-hybridized carbons (Fsp3) is 0.200. The average molecular weight is 387 g/mol. The van der Waals surface area contributed by atoms with E-state index in [2.05, 4.69) is 10.3 Å². The summed E-state index contributed by atoms with van der Waals surface area (Å²) in [5, 5.41) is 6.36. The lowest BCUT2D eigenvalue weighted by Gasteiger charge is -2.07. The van der Waals surface area contributed by atoms with Crippen LogP contribution in [0.3, 0.4) is 0 Å². The molecule has 1 aromatic heterocycles. The number of hydrogen-bond acceptors (Lipinski definition) is 4. The van der Waals surface area contributed by atoms with Crippen molar-refractivity contribution in [2.24, 2.45) is 0 Å². The highest BCUT2D eigenvalue weighted by molar-refractivity contribution is 7.13. The standard InChI is InChI=1S/C20H19ClN2O2S/c1-2-25-18-6-4-3-5-17(18)20-23-16(13-26-20)11-19(24)22-12-14-7-9-15(21)10-8-14/h3-10,13H,2,11-12H2,1H3,(H,22,24). The fourth-order valence-electron chi connectivity index (χ4n) is 2.47. The van der Waals surface area contributed by atoms with E-state index in [0.29, 0.717) is 18.2 Å². The van der Waals surface area contributed by atoms with Gasteiger partial charge in [-0.2, -0.15) is 0 Å². The highest BCUT2D eigenvalue weighted by Gasteiger charge is 2.12. The Bertz CT molecular complexity index is 878. The second kappa shape index (κ2) is 8.83. The van der Waals surface area contributed by atoms with Crippen molar-refractivity contribution >= 4 is 28.8 Å². The van der Waals surface area contributed by atoms with Crippen LogP contribution >= 0.6 is 22.9 Å². The normalized spacial score (nSPS) is 10.5. The summed E-state index contributed by atoms with van der Waals surface area (Å²) in [4.78, 5) is 16.8. The molecule has 0 unspecified atom stereocenters. The van der Waals surface area contributed by atoms with Gasteiger partial charge >= 0.3 is 0 Å². The van der Waals surface area contributed by atoms with Crippen molar-refractivity contribution in [3.05, 3.63) is 70.2 Å². The first-order valence-electron chi connectivity index (χ1n) is 8.33. The molecule has 0 radical (unpaired) electrons. The second-order valence-electron chi connectivity index (χ2n) is 5.65. The van der Waals surface area contributed by atoms with Crippen LogP contribution < -0.4 is 10.1 Å². The molecule has 1 heterocycles. The van der Waals surface area contributed by atoms with Crippen LogP contribution in [-0.4, -0.2) is 17.5 Å². The van der Waals surface area contributed by atoms with Crippen LogP contribution in [0.15, 0.2) is 53.9 Å². The average Bonchev–Trinajstić information content (AvgIpc) is 3.10. The van der Waals surface area contributed by atoms with Crippen LogP contribution in [0.25, 0.3) is 10.6 Å². The third kappa shape index (κ3) is 4.84. The molecule has 0 aliphatic heterocycles. The molecule has 0 aliphatic rings. The lowest BCUT2D eigenvalue weighted by Crippen LogP contribution is -2.24. The summed E-state index contributed by atoms with van der Waals surface area (Å²) in [5.41, 5.74) is 2.71. The lowest BCUT2D eigenvalue weighted by atomic mass is 10.2. The van der Waals surface area contributed by atoms with Gasteiger partial charge in [0.15, 0.2) is 0 Å².